The Bertz CT molecular complexity index is 289. The van der Waals surface area contributed by atoms with Crippen LogP contribution >= 0.6 is 23.2 Å². The Morgan fingerprint density at radius 2 is 2.15 bits per heavy atom. The predicted molar refractivity (Wildman–Crippen MR) is 57.7 cm³/mol. The summed E-state index contributed by atoms with van der Waals surface area (Å²) in [4.78, 5) is 6.36. The van der Waals surface area contributed by atoms with Crippen LogP contribution in [0.25, 0.3) is 0 Å². The van der Waals surface area contributed by atoms with Gasteiger partial charge in [0.05, 0.1) is 16.6 Å². The molecule has 0 aliphatic rings. The second-order valence-electron chi connectivity index (χ2n) is 2.75. The number of rotatable bonds is 3. The summed E-state index contributed by atoms with van der Waals surface area (Å²) in [6, 6.07) is 3.72. The van der Waals surface area contributed by atoms with Gasteiger partial charge in [0.1, 0.15) is 5.82 Å². The van der Waals surface area contributed by atoms with Crippen molar-refractivity contribution in [3.8, 4) is 0 Å². The minimum absolute atomic E-state index is 0.351. The van der Waals surface area contributed by atoms with Crippen molar-refractivity contribution in [2.45, 2.75) is 12.8 Å². The molecular weight excluding hydrogens is 207 g/mol. The molecule has 0 N–H and O–H groups in total. The van der Waals surface area contributed by atoms with Crippen LogP contribution in [-0.4, -0.2) is 18.6 Å². The summed E-state index contributed by atoms with van der Waals surface area (Å²) in [6.07, 6.45) is 0. The van der Waals surface area contributed by atoms with Gasteiger partial charge in [-0.25, -0.2) is 4.98 Å². The normalized spacial score (nSPS) is 10.2. The Kier molecular flexibility index (Phi) is 3.82. The molecule has 0 amide bonds. The molecule has 1 heterocycles. The van der Waals surface area contributed by atoms with E-state index in [2.05, 4.69) is 11.9 Å². The first-order chi connectivity index (χ1) is 6.19. The van der Waals surface area contributed by atoms with E-state index >= 15 is 0 Å². The monoisotopic (exact) mass is 218 g/mol. The van der Waals surface area contributed by atoms with E-state index < -0.39 is 0 Å². The van der Waals surface area contributed by atoms with Crippen molar-refractivity contribution in [1.29, 1.82) is 0 Å². The van der Waals surface area contributed by atoms with Crippen LogP contribution in [-0.2, 0) is 5.88 Å². The number of nitrogens with zero attached hydrogens (tertiary/aromatic N) is 2. The Morgan fingerprint density at radius 3 is 2.69 bits per heavy atom. The second-order valence-corrected chi connectivity index (χ2v) is 3.42. The van der Waals surface area contributed by atoms with E-state index in [-0.39, 0.29) is 0 Å². The molecule has 0 fully saturated rings. The number of anilines is 1. The second kappa shape index (κ2) is 4.68. The fraction of sp³-hybridized carbons (Fsp3) is 0.444. The van der Waals surface area contributed by atoms with Gasteiger partial charge in [0.25, 0.3) is 0 Å². The first-order valence-corrected chi connectivity index (χ1v) is 5.02. The highest BCUT2D eigenvalue weighted by Gasteiger charge is 2.04. The topological polar surface area (TPSA) is 16.1 Å². The lowest BCUT2D eigenvalue weighted by atomic mass is 10.3. The largest absolute Gasteiger partial charge is 0.360 e. The molecule has 0 aromatic carbocycles. The van der Waals surface area contributed by atoms with E-state index in [0.717, 1.165) is 18.1 Å². The van der Waals surface area contributed by atoms with Crippen LogP contribution < -0.4 is 4.90 Å². The van der Waals surface area contributed by atoms with Crippen LogP contribution in [0.4, 0.5) is 5.82 Å². The number of hydrogen-bond donors (Lipinski definition) is 0. The molecule has 1 aromatic rings. The number of hydrogen-bond acceptors (Lipinski definition) is 2. The molecule has 1 aromatic heterocycles. The summed E-state index contributed by atoms with van der Waals surface area (Å²) in [6.45, 7) is 2.98. The summed E-state index contributed by atoms with van der Waals surface area (Å²) in [5, 5.41) is 0.628. The van der Waals surface area contributed by atoms with Gasteiger partial charge in [-0.1, -0.05) is 11.6 Å². The molecule has 1 rings (SSSR count). The molecular formula is C9H12Cl2N2. The van der Waals surface area contributed by atoms with Gasteiger partial charge in [0.2, 0.25) is 0 Å². The average Bonchev–Trinajstić information content (AvgIpc) is 2.17. The lowest BCUT2D eigenvalue weighted by Crippen LogP contribution is -2.17. The summed E-state index contributed by atoms with van der Waals surface area (Å²) >= 11 is 11.6. The van der Waals surface area contributed by atoms with Crippen LogP contribution in [0.15, 0.2) is 12.1 Å². The highest BCUT2D eigenvalue weighted by molar-refractivity contribution is 6.32. The van der Waals surface area contributed by atoms with E-state index in [4.69, 9.17) is 23.2 Å². The van der Waals surface area contributed by atoms with E-state index in [1.807, 2.05) is 24.1 Å². The minimum atomic E-state index is 0.351. The molecule has 0 unspecified atom stereocenters. The maximum absolute atomic E-state index is 5.88. The van der Waals surface area contributed by atoms with Gasteiger partial charge in [-0.05, 0) is 19.1 Å². The Hall–Kier alpha value is -0.470. The van der Waals surface area contributed by atoms with Gasteiger partial charge in [-0.3, -0.25) is 0 Å². The molecule has 0 atom stereocenters. The Labute approximate surface area is 88.5 Å². The van der Waals surface area contributed by atoms with Crippen molar-refractivity contribution in [3.63, 3.8) is 0 Å². The van der Waals surface area contributed by atoms with Crippen molar-refractivity contribution < 1.29 is 0 Å². The Balaban J connectivity index is 2.99. The van der Waals surface area contributed by atoms with Crippen molar-refractivity contribution in [1.82, 2.24) is 4.98 Å². The van der Waals surface area contributed by atoms with Gasteiger partial charge in [0, 0.05) is 13.6 Å². The summed E-state index contributed by atoms with van der Waals surface area (Å²) in [5.74, 6) is 1.26. The third kappa shape index (κ3) is 2.48. The lowest BCUT2D eigenvalue weighted by molar-refractivity contribution is 0.929. The van der Waals surface area contributed by atoms with Crippen molar-refractivity contribution in [2.24, 2.45) is 0 Å². The smallest absolute Gasteiger partial charge is 0.128 e. The number of aromatic nitrogens is 1. The zero-order valence-electron chi connectivity index (χ0n) is 7.72. The maximum atomic E-state index is 5.88. The molecule has 4 heteroatoms. The van der Waals surface area contributed by atoms with Gasteiger partial charge in [-0.2, -0.15) is 0 Å². The van der Waals surface area contributed by atoms with Crippen molar-refractivity contribution >= 4 is 29.0 Å². The predicted octanol–water partition coefficient (Wildman–Crippen LogP) is 2.93. The van der Waals surface area contributed by atoms with Gasteiger partial charge >= 0.3 is 0 Å². The van der Waals surface area contributed by atoms with Gasteiger partial charge < -0.3 is 4.90 Å². The molecule has 0 aliphatic heterocycles. The average molecular weight is 219 g/mol. The van der Waals surface area contributed by atoms with E-state index in [9.17, 15) is 0 Å². The van der Waals surface area contributed by atoms with E-state index in [1.165, 1.54) is 0 Å². The Morgan fingerprint density at radius 1 is 1.46 bits per heavy atom. The third-order valence-electron chi connectivity index (χ3n) is 1.90. The molecule has 72 valence electrons. The lowest BCUT2D eigenvalue weighted by Gasteiger charge is -2.16. The first-order valence-electron chi connectivity index (χ1n) is 4.11. The van der Waals surface area contributed by atoms with Crippen molar-refractivity contribution in [2.75, 3.05) is 18.5 Å². The molecule has 0 aliphatic carbocycles. The number of alkyl halides is 1. The molecule has 2 nitrogen and oxygen atoms in total. The van der Waals surface area contributed by atoms with Crippen molar-refractivity contribution in [3.05, 3.63) is 22.8 Å². The SMILES string of the molecule is CCN(C)c1ccc(Cl)c(CCl)n1. The van der Waals surface area contributed by atoms with Crippen LogP contribution in [0.3, 0.4) is 0 Å². The van der Waals surface area contributed by atoms with Crippen LogP contribution in [0, 0.1) is 0 Å². The number of pyridine rings is 1. The van der Waals surface area contributed by atoms with E-state index in [0.29, 0.717) is 10.9 Å². The fourth-order valence-corrected chi connectivity index (χ4v) is 1.39. The molecule has 0 radical (unpaired) electrons. The van der Waals surface area contributed by atoms with Crippen LogP contribution in [0.2, 0.25) is 5.02 Å². The summed E-state index contributed by atoms with van der Waals surface area (Å²) in [7, 11) is 1.98. The third-order valence-corrected chi connectivity index (χ3v) is 2.49. The quantitative estimate of drug-likeness (QED) is 0.726. The zero-order chi connectivity index (χ0) is 9.84. The standard InChI is InChI=1S/C9H12Cl2N2/c1-3-13(2)9-5-4-7(11)8(6-10)12-9/h4-5H,3,6H2,1-2H3. The minimum Gasteiger partial charge on any atom is -0.360 e. The molecule has 0 spiro atoms. The highest BCUT2D eigenvalue weighted by Crippen LogP contribution is 2.19. The molecule has 0 saturated heterocycles. The highest BCUT2D eigenvalue weighted by atomic mass is 35.5. The summed E-state index contributed by atoms with van der Waals surface area (Å²) in [5.41, 5.74) is 0.737. The van der Waals surface area contributed by atoms with Gasteiger partial charge in [-0.15, -0.1) is 11.6 Å². The zero-order valence-corrected chi connectivity index (χ0v) is 9.23. The summed E-state index contributed by atoms with van der Waals surface area (Å²) < 4.78 is 0. The molecule has 13 heavy (non-hydrogen) atoms. The maximum Gasteiger partial charge on any atom is 0.128 e. The van der Waals surface area contributed by atoms with Gasteiger partial charge in [0.15, 0.2) is 0 Å². The van der Waals surface area contributed by atoms with Crippen LogP contribution in [0.1, 0.15) is 12.6 Å². The molecule has 0 saturated carbocycles. The molecule has 0 bridgehead atoms. The van der Waals surface area contributed by atoms with Crippen LogP contribution in [0.5, 0.6) is 0 Å². The first kappa shape index (κ1) is 10.6. The van der Waals surface area contributed by atoms with E-state index in [1.54, 1.807) is 0 Å². The number of halogens is 2. The fourth-order valence-electron chi connectivity index (χ4n) is 0.941.